The average Bonchev–Trinajstić information content (AvgIpc) is 2.98. The number of primary amides is 2. The molecule has 0 bridgehead atoms. The van der Waals surface area contributed by atoms with Gasteiger partial charge < -0.3 is 21.9 Å². The van der Waals surface area contributed by atoms with E-state index in [2.05, 4.69) is 10.4 Å². The third kappa shape index (κ3) is 3.20. The molecule has 26 heavy (non-hydrogen) atoms. The number of aryl methyl sites for hydroxylation is 1. The lowest BCUT2D eigenvalue weighted by Gasteiger charge is -2.10. The Morgan fingerprint density at radius 3 is 2.50 bits per heavy atom. The van der Waals surface area contributed by atoms with E-state index in [-0.39, 0.29) is 17.1 Å². The van der Waals surface area contributed by atoms with E-state index in [1.807, 2.05) is 31.2 Å². The fraction of sp³-hybridized carbons (Fsp3) is 0.0556. The summed E-state index contributed by atoms with van der Waals surface area (Å²) in [5.41, 5.74) is 13.5. The molecule has 0 aliphatic heterocycles. The molecular formula is C18H17N5O3. The number of nitrogens with two attached hydrogens (primary N) is 2. The number of urea groups is 1. The predicted molar refractivity (Wildman–Crippen MR) is 97.1 cm³/mol. The SMILES string of the molecule is Cc1cc(-c2ccccc2O)ccc1-n1cc(NC(N)=O)c(C(N)=O)n1. The average molecular weight is 351 g/mol. The van der Waals surface area contributed by atoms with E-state index >= 15 is 0 Å². The Labute approximate surface area is 149 Å². The number of phenols is 1. The highest BCUT2D eigenvalue weighted by atomic mass is 16.3. The molecule has 0 radical (unpaired) electrons. The molecule has 1 aromatic heterocycles. The predicted octanol–water partition coefficient (Wildman–Crippen LogP) is 2.14. The number of carbonyl (C=O) groups is 2. The van der Waals surface area contributed by atoms with E-state index in [1.165, 1.54) is 10.9 Å². The standard InChI is InChI=1S/C18H17N5O3/c1-10-8-11(12-4-2-3-5-15(12)24)6-7-14(10)23-9-13(21-18(20)26)16(22-23)17(19)25/h2-9,24H,1H3,(H2,19,25)(H3,20,21,26). The van der Waals surface area contributed by atoms with Gasteiger partial charge in [-0.1, -0.05) is 24.3 Å². The van der Waals surface area contributed by atoms with Gasteiger partial charge in [-0.25, -0.2) is 9.48 Å². The molecule has 0 unspecified atom stereocenters. The van der Waals surface area contributed by atoms with Gasteiger partial charge in [0.15, 0.2) is 5.69 Å². The quantitative estimate of drug-likeness (QED) is 0.572. The molecule has 2 aromatic carbocycles. The summed E-state index contributed by atoms with van der Waals surface area (Å²) in [7, 11) is 0. The molecule has 132 valence electrons. The normalized spacial score (nSPS) is 10.5. The maximum Gasteiger partial charge on any atom is 0.316 e. The van der Waals surface area contributed by atoms with Crippen molar-refractivity contribution in [3.63, 3.8) is 0 Å². The van der Waals surface area contributed by atoms with Crippen molar-refractivity contribution >= 4 is 17.6 Å². The molecule has 0 fully saturated rings. The Bertz CT molecular complexity index is 1010. The summed E-state index contributed by atoms with van der Waals surface area (Å²) in [5.74, 6) is -0.598. The summed E-state index contributed by atoms with van der Waals surface area (Å²) in [4.78, 5) is 22.6. The molecule has 0 aliphatic carbocycles. The van der Waals surface area contributed by atoms with Crippen LogP contribution in [0.15, 0.2) is 48.7 Å². The van der Waals surface area contributed by atoms with Gasteiger partial charge in [0.05, 0.1) is 17.6 Å². The summed E-state index contributed by atoms with van der Waals surface area (Å²) < 4.78 is 1.44. The molecule has 3 aromatic rings. The number of nitrogens with zero attached hydrogens (tertiary/aromatic N) is 2. The Hall–Kier alpha value is -3.81. The fourth-order valence-corrected chi connectivity index (χ4v) is 2.70. The Balaban J connectivity index is 2.04. The van der Waals surface area contributed by atoms with Crippen molar-refractivity contribution in [2.75, 3.05) is 5.32 Å². The molecule has 3 rings (SSSR count). The minimum atomic E-state index is -0.821. The van der Waals surface area contributed by atoms with E-state index in [0.717, 1.165) is 11.1 Å². The van der Waals surface area contributed by atoms with E-state index in [0.29, 0.717) is 11.3 Å². The second-order valence-corrected chi connectivity index (χ2v) is 5.71. The van der Waals surface area contributed by atoms with Crippen LogP contribution < -0.4 is 16.8 Å². The maximum absolute atomic E-state index is 11.5. The number of anilines is 1. The van der Waals surface area contributed by atoms with Crippen LogP contribution in [0.4, 0.5) is 10.5 Å². The Morgan fingerprint density at radius 2 is 1.88 bits per heavy atom. The number of rotatable bonds is 4. The highest BCUT2D eigenvalue weighted by Crippen LogP contribution is 2.31. The Morgan fingerprint density at radius 1 is 1.15 bits per heavy atom. The van der Waals surface area contributed by atoms with Crippen molar-refractivity contribution in [1.82, 2.24) is 9.78 Å². The van der Waals surface area contributed by atoms with Crippen LogP contribution in [0.3, 0.4) is 0 Å². The number of hydrogen-bond donors (Lipinski definition) is 4. The van der Waals surface area contributed by atoms with Crippen LogP contribution in [0.1, 0.15) is 16.1 Å². The van der Waals surface area contributed by atoms with Gasteiger partial charge in [0, 0.05) is 5.56 Å². The van der Waals surface area contributed by atoms with Crippen molar-refractivity contribution in [3.05, 3.63) is 59.9 Å². The lowest BCUT2D eigenvalue weighted by molar-refractivity contribution is 0.0996. The first-order valence-corrected chi connectivity index (χ1v) is 7.72. The van der Waals surface area contributed by atoms with Gasteiger partial charge in [0.25, 0.3) is 5.91 Å². The minimum absolute atomic E-state index is 0.0898. The Kier molecular flexibility index (Phi) is 4.32. The number of phenolic OH excluding ortho intramolecular Hbond substituents is 1. The van der Waals surface area contributed by atoms with Crippen LogP contribution in [0.5, 0.6) is 5.75 Å². The second kappa shape index (κ2) is 6.60. The fourth-order valence-electron chi connectivity index (χ4n) is 2.70. The number of amides is 3. The number of nitrogens with one attached hydrogen (secondary N) is 1. The molecule has 1 heterocycles. The first kappa shape index (κ1) is 17.0. The van der Waals surface area contributed by atoms with Crippen LogP contribution in [0.25, 0.3) is 16.8 Å². The van der Waals surface area contributed by atoms with Crippen molar-refractivity contribution in [2.24, 2.45) is 11.5 Å². The number of aromatic hydroxyl groups is 1. The molecule has 8 nitrogen and oxygen atoms in total. The summed E-state index contributed by atoms with van der Waals surface area (Å²) in [6, 6.07) is 11.7. The van der Waals surface area contributed by atoms with Gasteiger partial charge in [-0.05, 0) is 36.2 Å². The van der Waals surface area contributed by atoms with Gasteiger partial charge in [0.1, 0.15) is 5.75 Å². The molecule has 6 N–H and O–H groups in total. The molecule has 0 spiro atoms. The lowest BCUT2D eigenvalue weighted by Crippen LogP contribution is -2.22. The van der Waals surface area contributed by atoms with E-state index in [1.54, 1.807) is 18.2 Å². The molecule has 0 aliphatic rings. The molecule has 0 atom stereocenters. The van der Waals surface area contributed by atoms with Gasteiger partial charge >= 0.3 is 6.03 Å². The third-order valence-corrected chi connectivity index (χ3v) is 3.86. The van der Waals surface area contributed by atoms with Crippen LogP contribution in [0, 0.1) is 6.92 Å². The van der Waals surface area contributed by atoms with Crippen molar-refractivity contribution in [2.45, 2.75) is 6.92 Å². The van der Waals surface area contributed by atoms with Gasteiger partial charge in [-0.15, -0.1) is 0 Å². The second-order valence-electron chi connectivity index (χ2n) is 5.71. The maximum atomic E-state index is 11.5. The summed E-state index contributed by atoms with van der Waals surface area (Å²) in [5, 5.41) is 16.5. The minimum Gasteiger partial charge on any atom is -0.507 e. The van der Waals surface area contributed by atoms with Gasteiger partial charge in [-0.2, -0.15) is 5.10 Å². The zero-order valence-corrected chi connectivity index (χ0v) is 13.9. The number of benzene rings is 2. The summed E-state index contributed by atoms with van der Waals surface area (Å²) >= 11 is 0. The van der Waals surface area contributed by atoms with Crippen LogP contribution in [-0.4, -0.2) is 26.8 Å². The van der Waals surface area contributed by atoms with Crippen molar-refractivity contribution < 1.29 is 14.7 Å². The smallest absolute Gasteiger partial charge is 0.316 e. The molecule has 3 amide bonds. The van der Waals surface area contributed by atoms with Crippen molar-refractivity contribution in [3.8, 4) is 22.6 Å². The summed E-state index contributed by atoms with van der Waals surface area (Å²) in [6.45, 7) is 1.87. The van der Waals surface area contributed by atoms with Gasteiger partial charge in [0.2, 0.25) is 0 Å². The lowest BCUT2D eigenvalue weighted by atomic mass is 10.0. The highest BCUT2D eigenvalue weighted by Gasteiger charge is 2.17. The zero-order chi connectivity index (χ0) is 18.8. The first-order chi connectivity index (χ1) is 12.4. The zero-order valence-electron chi connectivity index (χ0n) is 13.9. The molecule has 0 saturated carbocycles. The first-order valence-electron chi connectivity index (χ1n) is 7.72. The molecule has 0 saturated heterocycles. The largest absolute Gasteiger partial charge is 0.507 e. The van der Waals surface area contributed by atoms with Crippen LogP contribution in [-0.2, 0) is 0 Å². The van der Waals surface area contributed by atoms with E-state index in [9.17, 15) is 14.7 Å². The van der Waals surface area contributed by atoms with E-state index in [4.69, 9.17) is 11.5 Å². The monoisotopic (exact) mass is 351 g/mol. The third-order valence-electron chi connectivity index (χ3n) is 3.86. The number of hydrogen-bond acceptors (Lipinski definition) is 4. The van der Waals surface area contributed by atoms with Gasteiger partial charge in [-0.3, -0.25) is 4.79 Å². The van der Waals surface area contributed by atoms with Crippen LogP contribution >= 0.6 is 0 Å². The number of carbonyl (C=O) groups excluding carboxylic acids is 2. The molecular weight excluding hydrogens is 334 g/mol. The van der Waals surface area contributed by atoms with Crippen molar-refractivity contribution in [1.29, 1.82) is 0 Å². The topological polar surface area (TPSA) is 136 Å². The number of para-hydroxylation sites is 1. The summed E-state index contributed by atoms with van der Waals surface area (Å²) in [6.07, 6.45) is 1.47. The van der Waals surface area contributed by atoms with E-state index < -0.39 is 11.9 Å². The number of aromatic nitrogens is 2. The van der Waals surface area contributed by atoms with Crippen LogP contribution in [0.2, 0.25) is 0 Å². The molecule has 8 heteroatoms. The highest BCUT2D eigenvalue weighted by molar-refractivity contribution is 6.00.